The van der Waals surface area contributed by atoms with Crippen molar-refractivity contribution < 1.29 is 9.31 Å². The largest absolute Gasteiger partial charge is 0.375 e. The van der Waals surface area contributed by atoms with Gasteiger partial charge >= 0.3 is 0 Å². The Morgan fingerprint density at radius 2 is 2.05 bits per heavy atom. The Morgan fingerprint density at radius 1 is 1.30 bits per heavy atom. The number of nitrogens with zero attached hydrogens (tertiary/aromatic N) is 1. The van der Waals surface area contributed by atoms with E-state index in [-0.39, 0.29) is 11.5 Å². The first-order valence-corrected chi connectivity index (χ1v) is 6.76. The van der Waals surface area contributed by atoms with Crippen LogP contribution in [0.5, 0.6) is 0 Å². The van der Waals surface area contributed by atoms with Gasteiger partial charge in [0.25, 0.3) is 5.69 Å². The second-order valence-electron chi connectivity index (χ2n) is 4.01. The molecule has 104 valence electrons. The number of nitro groups is 1. The maximum Gasteiger partial charge on any atom is 0.293 e. The first-order chi connectivity index (χ1) is 9.47. The van der Waals surface area contributed by atoms with Crippen molar-refractivity contribution in [2.75, 3.05) is 5.32 Å². The first-order valence-electron chi connectivity index (χ1n) is 5.59. The fraction of sp³-hybridized carbons (Fsp3) is 0.0769. The molecule has 20 heavy (non-hydrogen) atoms. The maximum atomic E-state index is 13.0. The lowest BCUT2D eigenvalue weighted by Crippen LogP contribution is -2.03. The lowest BCUT2D eigenvalue weighted by atomic mass is 10.2. The second kappa shape index (κ2) is 6.19. The molecule has 0 aromatic heterocycles. The smallest absolute Gasteiger partial charge is 0.293 e. The van der Waals surface area contributed by atoms with Crippen LogP contribution in [0.1, 0.15) is 5.56 Å². The number of rotatable bonds is 4. The molecule has 0 bridgehead atoms. The Hall–Kier alpha value is -1.66. The third kappa shape index (κ3) is 3.46. The zero-order chi connectivity index (χ0) is 14.7. The van der Waals surface area contributed by atoms with Gasteiger partial charge in [0.1, 0.15) is 11.5 Å². The van der Waals surface area contributed by atoms with E-state index < -0.39 is 4.92 Å². The highest BCUT2D eigenvalue weighted by molar-refractivity contribution is 9.10. The van der Waals surface area contributed by atoms with E-state index >= 15 is 0 Å². The lowest BCUT2D eigenvalue weighted by molar-refractivity contribution is -0.383. The van der Waals surface area contributed by atoms with Gasteiger partial charge in [0, 0.05) is 22.1 Å². The van der Waals surface area contributed by atoms with E-state index in [1.165, 1.54) is 24.3 Å². The van der Waals surface area contributed by atoms with Gasteiger partial charge in [-0.3, -0.25) is 10.1 Å². The third-order valence-electron chi connectivity index (χ3n) is 2.64. The van der Waals surface area contributed by atoms with Crippen molar-refractivity contribution in [3.63, 3.8) is 0 Å². The number of anilines is 1. The minimum absolute atomic E-state index is 0.101. The summed E-state index contributed by atoms with van der Waals surface area (Å²) in [5.41, 5.74) is 1.04. The molecule has 0 atom stereocenters. The molecular weight excluding hydrogens is 351 g/mol. The van der Waals surface area contributed by atoms with Crippen LogP contribution in [0.3, 0.4) is 0 Å². The summed E-state index contributed by atoms with van der Waals surface area (Å²) in [5.74, 6) is -0.349. The number of benzene rings is 2. The normalized spacial score (nSPS) is 10.3. The molecule has 0 fully saturated rings. The van der Waals surface area contributed by atoms with E-state index in [1.54, 1.807) is 12.1 Å². The molecule has 0 spiro atoms. The standard InChI is InChI=1S/C13H9BrClFN2O2/c14-11-6-10(16)3-1-8(11)7-17-12-4-2-9(15)5-13(12)18(19)20/h1-6,17H,7H2. The van der Waals surface area contributed by atoms with Gasteiger partial charge in [0.15, 0.2) is 0 Å². The summed E-state index contributed by atoms with van der Waals surface area (Å²) in [6, 6.07) is 8.66. The van der Waals surface area contributed by atoms with Crippen molar-refractivity contribution in [1.29, 1.82) is 0 Å². The number of nitrogens with one attached hydrogen (secondary N) is 1. The predicted molar refractivity (Wildman–Crippen MR) is 79.5 cm³/mol. The van der Waals surface area contributed by atoms with Crippen LogP contribution in [0.25, 0.3) is 0 Å². The fourth-order valence-corrected chi connectivity index (χ4v) is 2.32. The highest BCUT2D eigenvalue weighted by Crippen LogP contribution is 2.28. The van der Waals surface area contributed by atoms with Crippen molar-refractivity contribution in [2.45, 2.75) is 6.54 Å². The highest BCUT2D eigenvalue weighted by atomic mass is 79.9. The van der Waals surface area contributed by atoms with Crippen LogP contribution in [-0.4, -0.2) is 4.92 Å². The summed E-state index contributed by atoms with van der Waals surface area (Å²) in [5, 5.41) is 14.2. The summed E-state index contributed by atoms with van der Waals surface area (Å²) in [4.78, 5) is 10.4. The summed E-state index contributed by atoms with van der Waals surface area (Å²) in [7, 11) is 0. The van der Waals surface area contributed by atoms with Crippen molar-refractivity contribution in [3.8, 4) is 0 Å². The second-order valence-corrected chi connectivity index (χ2v) is 5.30. The van der Waals surface area contributed by atoms with E-state index in [4.69, 9.17) is 11.6 Å². The molecule has 1 N–H and O–H groups in total. The predicted octanol–water partition coefficient (Wildman–Crippen LogP) is 4.76. The average molecular weight is 360 g/mol. The zero-order valence-electron chi connectivity index (χ0n) is 10.1. The fourth-order valence-electron chi connectivity index (χ4n) is 1.66. The Balaban J connectivity index is 2.20. The maximum absolute atomic E-state index is 13.0. The molecule has 0 saturated heterocycles. The van der Waals surface area contributed by atoms with Crippen LogP contribution in [0.2, 0.25) is 5.02 Å². The van der Waals surface area contributed by atoms with Crippen molar-refractivity contribution >= 4 is 38.9 Å². The van der Waals surface area contributed by atoms with Crippen LogP contribution in [0, 0.1) is 15.9 Å². The van der Waals surface area contributed by atoms with Gasteiger partial charge < -0.3 is 5.32 Å². The Labute approximate surface area is 127 Å². The summed E-state index contributed by atoms with van der Waals surface area (Å²) in [6.45, 7) is 0.323. The molecule has 0 radical (unpaired) electrons. The van der Waals surface area contributed by atoms with Gasteiger partial charge in [-0.1, -0.05) is 33.6 Å². The molecular formula is C13H9BrClFN2O2. The molecule has 2 rings (SSSR count). The zero-order valence-corrected chi connectivity index (χ0v) is 12.4. The molecule has 0 heterocycles. The molecule has 2 aromatic carbocycles. The quantitative estimate of drug-likeness (QED) is 0.632. The van der Waals surface area contributed by atoms with Crippen LogP contribution in [-0.2, 0) is 6.54 Å². The van der Waals surface area contributed by atoms with Crippen LogP contribution >= 0.6 is 27.5 Å². The summed E-state index contributed by atoms with van der Waals surface area (Å²) >= 11 is 8.98. The van der Waals surface area contributed by atoms with Crippen LogP contribution in [0.15, 0.2) is 40.9 Å². The number of nitro benzene ring substituents is 1. The molecule has 0 saturated carbocycles. The topological polar surface area (TPSA) is 55.2 Å². The average Bonchev–Trinajstić information content (AvgIpc) is 2.38. The van der Waals surface area contributed by atoms with Gasteiger partial charge in [-0.25, -0.2) is 4.39 Å². The number of hydrogen-bond acceptors (Lipinski definition) is 3. The lowest BCUT2D eigenvalue weighted by Gasteiger charge is -2.09. The van der Waals surface area contributed by atoms with Gasteiger partial charge in [-0.05, 0) is 29.8 Å². The molecule has 0 aliphatic carbocycles. The summed E-state index contributed by atoms with van der Waals surface area (Å²) in [6.07, 6.45) is 0. The van der Waals surface area contributed by atoms with Crippen LogP contribution < -0.4 is 5.32 Å². The molecule has 4 nitrogen and oxygen atoms in total. The van der Waals surface area contributed by atoms with Crippen molar-refractivity contribution in [2.24, 2.45) is 0 Å². The monoisotopic (exact) mass is 358 g/mol. The molecule has 2 aromatic rings. The highest BCUT2D eigenvalue weighted by Gasteiger charge is 2.14. The molecule has 0 amide bonds. The first kappa shape index (κ1) is 14.7. The minimum atomic E-state index is -0.506. The Morgan fingerprint density at radius 3 is 2.70 bits per heavy atom. The number of hydrogen-bond donors (Lipinski definition) is 1. The van der Waals surface area contributed by atoms with Gasteiger partial charge in [-0.2, -0.15) is 0 Å². The van der Waals surface area contributed by atoms with Crippen LogP contribution in [0.4, 0.5) is 15.8 Å². The Kier molecular flexibility index (Phi) is 4.57. The molecule has 0 aliphatic rings. The van der Waals surface area contributed by atoms with E-state index in [0.29, 0.717) is 21.7 Å². The van der Waals surface area contributed by atoms with Crippen molar-refractivity contribution in [3.05, 3.63) is 67.4 Å². The summed E-state index contributed by atoms with van der Waals surface area (Å²) < 4.78 is 13.6. The Bertz CT molecular complexity index is 667. The van der Waals surface area contributed by atoms with E-state index in [0.717, 1.165) is 5.56 Å². The van der Waals surface area contributed by atoms with Gasteiger partial charge in [0.2, 0.25) is 0 Å². The SMILES string of the molecule is O=[N+]([O-])c1cc(Cl)ccc1NCc1ccc(F)cc1Br. The van der Waals surface area contributed by atoms with Gasteiger partial charge in [-0.15, -0.1) is 0 Å². The third-order valence-corrected chi connectivity index (χ3v) is 3.61. The van der Waals surface area contributed by atoms with Crippen molar-refractivity contribution in [1.82, 2.24) is 0 Å². The van der Waals surface area contributed by atoms with E-state index in [9.17, 15) is 14.5 Å². The van der Waals surface area contributed by atoms with E-state index in [2.05, 4.69) is 21.2 Å². The molecule has 0 unspecified atom stereocenters. The van der Waals surface area contributed by atoms with E-state index in [1.807, 2.05) is 0 Å². The molecule has 7 heteroatoms. The number of halogens is 3. The van der Waals surface area contributed by atoms with Gasteiger partial charge in [0.05, 0.1) is 4.92 Å². The molecule has 0 aliphatic heterocycles. The minimum Gasteiger partial charge on any atom is -0.375 e.